The Balaban J connectivity index is 2.14. The van der Waals surface area contributed by atoms with Crippen molar-refractivity contribution in [3.63, 3.8) is 0 Å². The van der Waals surface area contributed by atoms with Crippen LogP contribution in [0.5, 0.6) is 5.75 Å². The van der Waals surface area contributed by atoms with Crippen molar-refractivity contribution in [1.29, 1.82) is 0 Å². The largest absolute Gasteiger partial charge is 0.489 e. The minimum Gasteiger partial charge on any atom is -0.489 e. The highest BCUT2D eigenvalue weighted by Crippen LogP contribution is 2.30. The zero-order valence-corrected chi connectivity index (χ0v) is 11.3. The molecule has 4 heteroatoms. The molecule has 2 rings (SSSR count). The molecule has 0 radical (unpaired) electrons. The maximum Gasteiger partial charge on any atom is 0.144 e. The molecule has 0 saturated carbocycles. The molecule has 100 valence electrons. The van der Waals surface area contributed by atoms with Gasteiger partial charge in [0, 0.05) is 32.0 Å². The van der Waals surface area contributed by atoms with Crippen LogP contribution < -0.4 is 15.4 Å². The van der Waals surface area contributed by atoms with E-state index in [1.54, 1.807) is 7.11 Å². The molecule has 0 aromatic heterocycles. The van der Waals surface area contributed by atoms with Crippen LogP contribution in [-0.2, 0) is 4.74 Å². The maximum atomic E-state index is 5.92. The second kappa shape index (κ2) is 5.48. The molecule has 0 aliphatic carbocycles. The standard InChI is InChI=1S/C14H22N2O2/c1-10(2)18-14-8-11(4-5-13(14)15)16-7-6-12(9-16)17-3/h4-5,8,10,12H,6-7,9,15H2,1-3H3. The summed E-state index contributed by atoms with van der Waals surface area (Å²) >= 11 is 0. The predicted molar refractivity (Wildman–Crippen MR) is 74.2 cm³/mol. The highest BCUT2D eigenvalue weighted by atomic mass is 16.5. The number of nitrogen functional groups attached to an aromatic ring is 1. The highest BCUT2D eigenvalue weighted by molar-refractivity contribution is 5.62. The average Bonchev–Trinajstić information content (AvgIpc) is 2.80. The lowest BCUT2D eigenvalue weighted by Crippen LogP contribution is -2.22. The first-order chi connectivity index (χ1) is 8.60. The molecule has 0 spiro atoms. The van der Waals surface area contributed by atoms with Gasteiger partial charge in [0.25, 0.3) is 0 Å². The van der Waals surface area contributed by atoms with Crippen molar-refractivity contribution >= 4 is 11.4 Å². The van der Waals surface area contributed by atoms with Gasteiger partial charge in [-0.25, -0.2) is 0 Å². The molecule has 0 bridgehead atoms. The second-order valence-electron chi connectivity index (χ2n) is 4.98. The van der Waals surface area contributed by atoms with Crippen LogP contribution in [0.3, 0.4) is 0 Å². The topological polar surface area (TPSA) is 47.7 Å². The van der Waals surface area contributed by atoms with E-state index in [1.807, 2.05) is 32.0 Å². The first kappa shape index (κ1) is 13.0. The lowest BCUT2D eigenvalue weighted by atomic mass is 10.2. The van der Waals surface area contributed by atoms with Gasteiger partial charge in [-0.2, -0.15) is 0 Å². The average molecular weight is 250 g/mol. The molecule has 1 saturated heterocycles. The minimum absolute atomic E-state index is 0.132. The van der Waals surface area contributed by atoms with Gasteiger partial charge in [0.15, 0.2) is 0 Å². The van der Waals surface area contributed by atoms with Crippen molar-refractivity contribution in [3.05, 3.63) is 18.2 Å². The molecule has 1 aromatic rings. The molecule has 1 fully saturated rings. The van der Waals surface area contributed by atoms with E-state index in [-0.39, 0.29) is 6.10 Å². The van der Waals surface area contributed by atoms with Gasteiger partial charge in [-0.3, -0.25) is 0 Å². The van der Waals surface area contributed by atoms with Gasteiger partial charge >= 0.3 is 0 Å². The van der Waals surface area contributed by atoms with E-state index < -0.39 is 0 Å². The van der Waals surface area contributed by atoms with Gasteiger partial charge < -0.3 is 20.1 Å². The Hall–Kier alpha value is -1.42. The Labute approximate surface area is 109 Å². The summed E-state index contributed by atoms with van der Waals surface area (Å²) in [6.45, 7) is 5.96. The molecule has 18 heavy (non-hydrogen) atoms. The van der Waals surface area contributed by atoms with Crippen LogP contribution in [0.1, 0.15) is 20.3 Å². The molecule has 2 N–H and O–H groups in total. The number of nitrogens with zero attached hydrogens (tertiary/aromatic N) is 1. The summed E-state index contributed by atoms with van der Waals surface area (Å²) in [5, 5.41) is 0. The molecular weight excluding hydrogens is 228 g/mol. The van der Waals surface area contributed by atoms with Gasteiger partial charge in [-0.1, -0.05) is 0 Å². The molecule has 1 aliphatic heterocycles. The number of ether oxygens (including phenoxy) is 2. The zero-order chi connectivity index (χ0) is 13.1. The van der Waals surface area contributed by atoms with E-state index in [0.717, 1.165) is 30.9 Å². The second-order valence-corrected chi connectivity index (χ2v) is 4.98. The van der Waals surface area contributed by atoms with Crippen molar-refractivity contribution in [3.8, 4) is 5.75 Å². The van der Waals surface area contributed by atoms with E-state index in [4.69, 9.17) is 15.2 Å². The fourth-order valence-corrected chi connectivity index (χ4v) is 2.23. The number of hydrogen-bond donors (Lipinski definition) is 1. The Bertz CT molecular complexity index is 407. The van der Waals surface area contributed by atoms with Crippen LogP contribution in [0, 0.1) is 0 Å². The van der Waals surface area contributed by atoms with Crippen molar-refractivity contribution in [1.82, 2.24) is 0 Å². The number of hydrogen-bond acceptors (Lipinski definition) is 4. The molecule has 1 heterocycles. The lowest BCUT2D eigenvalue weighted by molar-refractivity contribution is 0.121. The third-order valence-corrected chi connectivity index (χ3v) is 3.20. The summed E-state index contributed by atoms with van der Waals surface area (Å²) in [5.74, 6) is 0.767. The van der Waals surface area contributed by atoms with Crippen LogP contribution in [0.15, 0.2) is 18.2 Å². The van der Waals surface area contributed by atoms with Gasteiger partial charge in [0.05, 0.1) is 17.9 Å². The van der Waals surface area contributed by atoms with E-state index in [9.17, 15) is 0 Å². The summed E-state index contributed by atoms with van der Waals surface area (Å²) in [6, 6.07) is 5.97. The van der Waals surface area contributed by atoms with E-state index >= 15 is 0 Å². The normalized spacial score (nSPS) is 19.6. The summed E-state index contributed by atoms with van der Waals surface area (Å²) in [5.41, 5.74) is 7.76. The van der Waals surface area contributed by atoms with Crippen molar-refractivity contribution in [2.45, 2.75) is 32.5 Å². The van der Waals surface area contributed by atoms with Gasteiger partial charge in [-0.15, -0.1) is 0 Å². The summed E-state index contributed by atoms with van der Waals surface area (Å²) < 4.78 is 11.1. The third kappa shape index (κ3) is 2.88. The molecule has 1 unspecified atom stereocenters. The Morgan fingerprint density at radius 2 is 2.17 bits per heavy atom. The molecule has 1 atom stereocenters. The molecule has 4 nitrogen and oxygen atoms in total. The fraction of sp³-hybridized carbons (Fsp3) is 0.571. The number of anilines is 2. The molecule has 1 aromatic carbocycles. The van der Waals surface area contributed by atoms with Crippen molar-refractivity contribution in [2.24, 2.45) is 0 Å². The van der Waals surface area contributed by atoms with Crippen LogP contribution in [0.25, 0.3) is 0 Å². The minimum atomic E-state index is 0.132. The summed E-state index contributed by atoms with van der Waals surface area (Å²) in [6.07, 6.45) is 1.53. The van der Waals surface area contributed by atoms with Gasteiger partial charge in [-0.05, 0) is 32.4 Å². The number of methoxy groups -OCH3 is 1. The molecule has 1 aliphatic rings. The van der Waals surface area contributed by atoms with E-state index in [1.165, 1.54) is 0 Å². The number of rotatable bonds is 4. The zero-order valence-electron chi connectivity index (χ0n) is 11.3. The van der Waals surface area contributed by atoms with Crippen LogP contribution in [-0.4, -0.2) is 32.4 Å². The van der Waals surface area contributed by atoms with Gasteiger partial charge in [0.1, 0.15) is 5.75 Å². The molecule has 0 amide bonds. The van der Waals surface area contributed by atoms with Crippen LogP contribution in [0.2, 0.25) is 0 Å². The quantitative estimate of drug-likeness (QED) is 0.833. The number of nitrogens with two attached hydrogens (primary N) is 1. The van der Waals surface area contributed by atoms with Crippen molar-refractivity contribution < 1.29 is 9.47 Å². The SMILES string of the molecule is COC1CCN(c2ccc(N)c(OC(C)C)c2)C1. The summed E-state index contributed by atoms with van der Waals surface area (Å²) in [7, 11) is 1.77. The Morgan fingerprint density at radius 3 is 2.78 bits per heavy atom. The highest BCUT2D eigenvalue weighted by Gasteiger charge is 2.22. The third-order valence-electron chi connectivity index (χ3n) is 3.20. The van der Waals surface area contributed by atoms with Crippen molar-refractivity contribution in [2.75, 3.05) is 30.8 Å². The first-order valence-corrected chi connectivity index (χ1v) is 6.44. The van der Waals surface area contributed by atoms with E-state index in [0.29, 0.717) is 11.8 Å². The fourth-order valence-electron chi connectivity index (χ4n) is 2.23. The number of benzene rings is 1. The van der Waals surface area contributed by atoms with Crippen LogP contribution >= 0.6 is 0 Å². The monoisotopic (exact) mass is 250 g/mol. The Morgan fingerprint density at radius 1 is 1.39 bits per heavy atom. The first-order valence-electron chi connectivity index (χ1n) is 6.44. The Kier molecular flexibility index (Phi) is 3.97. The maximum absolute atomic E-state index is 5.92. The predicted octanol–water partition coefficient (Wildman–Crippen LogP) is 2.28. The lowest BCUT2D eigenvalue weighted by Gasteiger charge is -2.20. The van der Waals surface area contributed by atoms with Gasteiger partial charge in [0.2, 0.25) is 0 Å². The molecular formula is C14H22N2O2. The van der Waals surface area contributed by atoms with Crippen LogP contribution in [0.4, 0.5) is 11.4 Å². The van der Waals surface area contributed by atoms with E-state index in [2.05, 4.69) is 4.90 Å². The summed E-state index contributed by atoms with van der Waals surface area (Å²) in [4.78, 5) is 2.31. The smallest absolute Gasteiger partial charge is 0.144 e.